The minimum Gasteiger partial charge on any atom is -0.285 e. The minimum atomic E-state index is -0.440. The van der Waals surface area contributed by atoms with Crippen molar-refractivity contribution in [3.8, 4) is 23.9 Å². The van der Waals surface area contributed by atoms with Crippen molar-refractivity contribution in [2.75, 3.05) is 0 Å². The van der Waals surface area contributed by atoms with Gasteiger partial charge in [-0.25, -0.2) is 0 Å². The second-order valence-electron chi connectivity index (χ2n) is 2.02. The average molecular weight is 178 g/mol. The molecule has 0 bridgehead atoms. The molecule has 0 atom stereocenters. The summed E-state index contributed by atoms with van der Waals surface area (Å²) >= 11 is 0. The highest BCUT2D eigenvalue weighted by Crippen LogP contribution is 1.77. The Morgan fingerprint density at radius 3 is 1.69 bits per heavy atom. The van der Waals surface area contributed by atoms with Crippen LogP contribution in [0.1, 0.15) is 20.3 Å². The fraction of sp³-hybridized carbons (Fsp3) is 0.333. The van der Waals surface area contributed by atoms with E-state index in [0.29, 0.717) is 0 Å². The highest BCUT2D eigenvalue weighted by atomic mass is 16.2. The molecule has 2 N–H and O–H groups in total. The Balaban J connectivity index is 3.80. The lowest BCUT2D eigenvalue weighted by Gasteiger charge is -1.95. The molecule has 68 valence electrons. The van der Waals surface area contributed by atoms with Crippen LogP contribution in [-0.4, -0.2) is 11.8 Å². The molecular weight excluding hydrogens is 168 g/mol. The fourth-order valence-electron chi connectivity index (χ4n) is 0.499. The van der Waals surface area contributed by atoms with Crippen molar-refractivity contribution in [2.45, 2.75) is 20.3 Å². The highest BCUT2D eigenvalue weighted by molar-refractivity contribution is 5.98. The molecule has 0 fully saturated rings. The maximum absolute atomic E-state index is 10.9. The van der Waals surface area contributed by atoms with E-state index in [1.165, 1.54) is 0 Å². The van der Waals surface area contributed by atoms with Crippen LogP contribution in [0.3, 0.4) is 0 Å². The Kier molecular flexibility index (Phi) is 5.74. The van der Waals surface area contributed by atoms with Gasteiger partial charge >= 0.3 is 0 Å². The van der Waals surface area contributed by atoms with Gasteiger partial charge in [0.2, 0.25) is 11.8 Å². The van der Waals surface area contributed by atoms with E-state index in [0.717, 1.165) is 0 Å². The first-order valence-electron chi connectivity index (χ1n) is 3.62. The van der Waals surface area contributed by atoms with E-state index >= 15 is 0 Å². The average Bonchev–Trinajstić information content (AvgIpc) is 2.11. The molecule has 0 unspecified atom stereocenters. The van der Waals surface area contributed by atoms with Crippen LogP contribution in [-0.2, 0) is 9.59 Å². The van der Waals surface area contributed by atoms with Crippen molar-refractivity contribution in [3.05, 3.63) is 0 Å². The zero-order valence-electron chi connectivity index (χ0n) is 7.52. The van der Waals surface area contributed by atoms with Crippen LogP contribution in [0.5, 0.6) is 0 Å². The normalized spacial score (nSPS) is 6.92. The number of hydrogen-bond donors (Lipinski definition) is 2. The maximum Gasteiger partial charge on any atom is 0.240 e. The first kappa shape index (κ1) is 11.1. The molecule has 0 saturated carbocycles. The summed E-state index contributed by atoms with van der Waals surface area (Å²) in [5.74, 6) is 4.07. The van der Waals surface area contributed by atoms with Gasteiger partial charge in [-0.2, -0.15) is 0 Å². The number of hydrogen-bond acceptors (Lipinski definition) is 2. The summed E-state index contributed by atoms with van der Waals surface area (Å²) in [6.45, 7) is 3.17. The summed E-state index contributed by atoms with van der Waals surface area (Å²) in [6.07, 6.45) is -0.261. The Morgan fingerprint density at radius 2 is 1.38 bits per heavy atom. The van der Waals surface area contributed by atoms with Crippen LogP contribution >= 0.6 is 0 Å². The van der Waals surface area contributed by atoms with Crippen molar-refractivity contribution in [3.63, 3.8) is 0 Å². The van der Waals surface area contributed by atoms with Crippen LogP contribution in [0.15, 0.2) is 0 Å². The van der Waals surface area contributed by atoms with Crippen molar-refractivity contribution < 1.29 is 9.59 Å². The third kappa shape index (κ3) is 6.46. The van der Waals surface area contributed by atoms with Gasteiger partial charge in [0.15, 0.2) is 0 Å². The summed E-state index contributed by atoms with van der Waals surface area (Å²) in [5.41, 5.74) is 0. The Bertz CT molecular complexity index is 280. The fourth-order valence-corrected chi connectivity index (χ4v) is 0.499. The van der Waals surface area contributed by atoms with Gasteiger partial charge in [0.05, 0.1) is 0 Å². The van der Waals surface area contributed by atoms with Gasteiger partial charge < -0.3 is 0 Å². The van der Waals surface area contributed by atoms with Crippen molar-refractivity contribution in [1.82, 2.24) is 10.6 Å². The smallest absolute Gasteiger partial charge is 0.240 e. The Morgan fingerprint density at radius 1 is 1.00 bits per heavy atom. The first-order valence-corrected chi connectivity index (χ1v) is 3.62. The van der Waals surface area contributed by atoms with Crippen molar-refractivity contribution >= 4 is 11.8 Å². The summed E-state index contributed by atoms with van der Waals surface area (Å²) in [6, 6.07) is 4.69. The summed E-state index contributed by atoms with van der Waals surface area (Å²) in [4.78, 5) is 21.7. The molecule has 0 aliphatic rings. The molecule has 13 heavy (non-hydrogen) atoms. The molecule has 4 nitrogen and oxygen atoms in total. The number of rotatable bonds is 2. The van der Waals surface area contributed by atoms with Crippen molar-refractivity contribution in [1.29, 1.82) is 0 Å². The van der Waals surface area contributed by atoms with Gasteiger partial charge in [-0.1, -0.05) is 11.8 Å². The second kappa shape index (κ2) is 6.75. The topological polar surface area (TPSA) is 58.2 Å². The van der Waals surface area contributed by atoms with Gasteiger partial charge in [-0.3, -0.25) is 20.2 Å². The van der Waals surface area contributed by atoms with Crippen molar-refractivity contribution in [2.24, 2.45) is 0 Å². The Hall–Kier alpha value is -1.94. The van der Waals surface area contributed by atoms with E-state index in [-0.39, 0.29) is 6.42 Å². The molecule has 0 aromatic carbocycles. The maximum atomic E-state index is 10.9. The summed E-state index contributed by atoms with van der Waals surface area (Å²) in [7, 11) is 0. The molecule has 0 aliphatic carbocycles. The molecule has 0 aromatic rings. The summed E-state index contributed by atoms with van der Waals surface area (Å²) in [5, 5.41) is 4.46. The predicted octanol–water partition coefficient (Wildman–Crippen LogP) is -0.430. The number of amides is 2. The van der Waals surface area contributed by atoms with E-state index in [2.05, 4.69) is 34.6 Å². The van der Waals surface area contributed by atoms with Crippen LogP contribution in [0.2, 0.25) is 0 Å². The van der Waals surface area contributed by atoms with Gasteiger partial charge in [0, 0.05) is 12.1 Å². The third-order valence-corrected chi connectivity index (χ3v) is 0.975. The van der Waals surface area contributed by atoms with Crippen LogP contribution in [0.4, 0.5) is 0 Å². The molecule has 2 amide bonds. The number of carbonyl (C=O) groups excluding carboxylic acids is 2. The summed E-state index contributed by atoms with van der Waals surface area (Å²) < 4.78 is 0. The van der Waals surface area contributed by atoms with E-state index < -0.39 is 11.8 Å². The zero-order chi connectivity index (χ0) is 10.1. The quantitative estimate of drug-likeness (QED) is 0.342. The first-order chi connectivity index (χ1) is 6.20. The van der Waals surface area contributed by atoms with E-state index in [1.807, 2.05) is 0 Å². The van der Waals surface area contributed by atoms with Gasteiger partial charge in [0.25, 0.3) is 0 Å². The highest BCUT2D eigenvalue weighted by Gasteiger charge is 2.05. The van der Waals surface area contributed by atoms with Gasteiger partial charge in [0.1, 0.15) is 6.42 Å². The molecule has 0 saturated heterocycles. The zero-order valence-corrected chi connectivity index (χ0v) is 7.52. The monoisotopic (exact) mass is 178 g/mol. The molecular formula is C9H10N2O2. The lowest BCUT2D eigenvalue weighted by Crippen LogP contribution is -2.27. The van der Waals surface area contributed by atoms with E-state index in [9.17, 15) is 9.59 Å². The molecule has 0 heterocycles. The number of carbonyl (C=O) groups is 2. The standard InChI is InChI=1S/C9H10N2O2/c1-3-5-10-8(12)7-9(13)11-6-4-2/h7H2,1-2H3,(H,10,12)(H,11,13). The predicted molar refractivity (Wildman–Crippen MR) is 47.8 cm³/mol. The Labute approximate surface area is 77.1 Å². The largest absolute Gasteiger partial charge is 0.285 e. The molecule has 4 heteroatoms. The molecule has 0 aromatic heterocycles. The molecule has 0 rings (SSSR count). The van der Waals surface area contributed by atoms with Crippen LogP contribution in [0, 0.1) is 23.9 Å². The molecule has 0 aliphatic heterocycles. The third-order valence-electron chi connectivity index (χ3n) is 0.975. The molecule has 0 radical (unpaired) electrons. The van der Waals surface area contributed by atoms with E-state index in [4.69, 9.17) is 0 Å². The molecule has 0 spiro atoms. The lowest BCUT2D eigenvalue weighted by atomic mass is 10.4. The second-order valence-corrected chi connectivity index (χ2v) is 2.02. The van der Waals surface area contributed by atoms with Crippen LogP contribution < -0.4 is 10.6 Å². The van der Waals surface area contributed by atoms with Gasteiger partial charge in [-0.15, -0.1) is 0 Å². The van der Waals surface area contributed by atoms with Gasteiger partial charge in [-0.05, 0) is 13.8 Å². The lowest BCUT2D eigenvalue weighted by molar-refractivity contribution is -0.127. The SMILES string of the molecule is CC#CNC(=O)CC(=O)NC#CC. The van der Waals surface area contributed by atoms with E-state index in [1.54, 1.807) is 13.8 Å². The number of nitrogens with one attached hydrogen (secondary N) is 2. The van der Waals surface area contributed by atoms with Crippen LogP contribution in [0.25, 0.3) is 0 Å². The minimum absolute atomic E-state index is 0.261.